The lowest BCUT2D eigenvalue weighted by molar-refractivity contribution is 0.480. The number of halogens is 1. The fourth-order valence-electron chi connectivity index (χ4n) is 3.40. The zero-order valence-corrected chi connectivity index (χ0v) is 11.8. The van der Waals surface area contributed by atoms with E-state index in [0.717, 1.165) is 5.82 Å². The lowest BCUT2D eigenvalue weighted by Gasteiger charge is -2.04. The molecule has 0 spiro atoms. The van der Waals surface area contributed by atoms with Crippen molar-refractivity contribution in [1.29, 1.82) is 0 Å². The summed E-state index contributed by atoms with van der Waals surface area (Å²) in [6.45, 7) is 2.43. The van der Waals surface area contributed by atoms with E-state index in [-0.39, 0.29) is 5.16 Å². The van der Waals surface area contributed by atoms with Crippen LogP contribution in [0.4, 0.5) is 0 Å². The van der Waals surface area contributed by atoms with Gasteiger partial charge in [-0.3, -0.25) is 0 Å². The van der Waals surface area contributed by atoms with E-state index in [9.17, 15) is 8.42 Å². The highest BCUT2D eigenvalue weighted by molar-refractivity contribution is 8.13. The third-order valence-corrected chi connectivity index (χ3v) is 5.39. The average Bonchev–Trinajstić information content (AvgIpc) is 2.87. The highest BCUT2D eigenvalue weighted by Crippen LogP contribution is 2.60. The molecule has 1 heterocycles. The Hall–Kier alpha value is -0.620. The first kappa shape index (κ1) is 12.4. The standard InChI is InChI=1S/C11H16ClN3O2S/c1-2-15-10(13-14-11(15)18(12,16)17)9-7-5-3-4-6-8(7)9/h7-9H,2-6H2,1H3. The van der Waals surface area contributed by atoms with Crippen LogP contribution < -0.4 is 0 Å². The molecule has 3 rings (SSSR count). The van der Waals surface area contributed by atoms with Crippen LogP contribution in [0.2, 0.25) is 0 Å². The molecule has 0 aromatic carbocycles. The van der Waals surface area contributed by atoms with E-state index in [0.29, 0.717) is 24.3 Å². The second-order valence-corrected chi connectivity index (χ2v) is 7.62. The smallest absolute Gasteiger partial charge is 0.296 e. The van der Waals surface area contributed by atoms with Crippen molar-refractivity contribution in [3.63, 3.8) is 0 Å². The van der Waals surface area contributed by atoms with E-state index in [1.165, 1.54) is 25.7 Å². The number of hydrogen-bond donors (Lipinski definition) is 0. The molecule has 7 heteroatoms. The van der Waals surface area contributed by atoms with E-state index in [4.69, 9.17) is 10.7 Å². The van der Waals surface area contributed by atoms with Gasteiger partial charge in [0.2, 0.25) is 0 Å². The van der Waals surface area contributed by atoms with Gasteiger partial charge < -0.3 is 4.57 Å². The van der Waals surface area contributed by atoms with Crippen LogP contribution in [0.25, 0.3) is 0 Å². The largest absolute Gasteiger partial charge is 0.301 e. The van der Waals surface area contributed by atoms with E-state index < -0.39 is 9.05 Å². The summed E-state index contributed by atoms with van der Waals surface area (Å²) < 4.78 is 24.5. The SMILES string of the molecule is CCn1c(C2C3CCCCC32)nnc1S(=O)(=O)Cl. The highest BCUT2D eigenvalue weighted by Gasteiger charge is 2.54. The van der Waals surface area contributed by atoms with Gasteiger partial charge in [-0.2, -0.15) is 0 Å². The maximum absolute atomic E-state index is 11.4. The Morgan fingerprint density at radius 3 is 2.39 bits per heavy atom. The summed E-state index contributed by atoms with van der Waals surface area (Å²) in [6.07, 6.45) is 5.01. The average molecular weight is 290 g/mol. The van der Waals surface area contributed by atoms with Gasteiger partial charge in [0.15, 0.2) is 0 Å². The third-order valence-electron chi connectivity index (χ3n) is 4.23. The van der Waals surface area contributed by atoms with Crippen LogP contribution in [0.15, 0.2) is 5.16 Å². The Balaban J connectivity index is 1.97. The summed E-state index contributed by atoms with van der Waals surface area (Å²) >= 11 is 0. The molecular formula is C11H16ClN3O2S. The van der Waals surface area contributed by atoms with Gasteiger partial charge in [0.05, 0.1) is 0 Å². The first-order valence-corrected chi connectivity index (χ1v) is 8.72. The molecule has 0 N–H and O–H groups in total. The van der Waals surface area contributed by atoms with E-state index >= 15 is 0 Å². The molecule has 0 saturated heterocycles. The lowest BCUT2D eigenvalue weighted by atomic mass is 10.0. The summed E-state index contributed by atoms with van der Waals surface area (Å²) in [6, 6.07) is 0. The van der Waals surface area contributed by atoms with Crippen molar-refractivity contribution in [3.8, 4) is 0 Å². The Morgan fingerprint density at radius 2 is 1.89 bits per heavy atom. The van der Waals surface area contributed by atoms with Gasteiger partial charge in [-0.15, -0.1) is 10.2 Å². The molecule has 5 nitrogen and oxygen atoms in total. The van der Waals surface area contributed by atoms with Gasteiger partial charge in [-0.25, -0.2) is 8.42 Å². The van der Waals surface area contributed by atoms with E-state index in [1.807, 2.05) is 6.92 Å². The number of rotatable bonds is 3. The predicted molar refractivity (Wildman–Crippen MR) is 66.9 cm³/mol. The molecule has 1 aromatic rings. The van der Waals surface area contributed by atoms with Gasteiger partial charge >= 0.3 is 0 Å². The molecule has 0 aliphatic heterocycles. The predicted octanol–water partition coefficient (Wildman–Crippen LogP) is 2.13. The molecule has 2 saturated carbocycles. The van der Waals surface area contributed by atoms with Gasteiger partial charge in [-0.05, 0) is 31.6 Å². The number of nitrogens with zero attached hydrogens (tertiary/aromatic N) is 3. The van der Waals surface area contributed by atoms with Crippen LogP contribution in [0.1, 0.15) is 44.3 Å². The van der Waals surface area contributed by atoms with Crippen LogP contribution in [-0.2, 0) is 15.6 Å². The molecule has 100 valence electrons. The van der Waals surface area contributed by atoms with Crippen molar-refractivity contribution in [2.24, 2.45) is 11.8 Å². The number of fused-ring (bicyclic) bond motifs is 1. The molecule has 2 aliphatic rings. The minimum absolute atomic E-state index is 0.106. The Morgan fingerprint density at radius 1 is 1.28 bits per heavy atom. The minimum atomic E-state index is -3.80. The molecule has 2 aliphatic carbocycles. The van der Waals surface area contributed by atoms with Crippen LogP contribution in [-0.4, -0.2) is 23.2 Å². The first-order valence-electron chi connectivity index (χ1n) is 6.41. The second kappa shape index (κ2) is 4.20. The minimum Gasteiger partial charge on any atom is -0.301 e. The fourth-order valence-corrected chi connectivity index (χ4v) is 4.37. The highest BCUT2D eigenvalue weighted by atomic mass is 35.7. The summed E-state index contributed by atoms with van der Waals surface area (Å²) in [5, 5.41) is 7.75. The Kier molecular flexibility index (Phi) is 2.90. The van der Waals surface area contributed by atoms with Crippen LogP contribution in [0.3, 0.4) is 0 Å². The topological polar surface area (TPSA) is 64.8 Å². The van der Waals surface area contributed by atoms with Crippen LogP contribution in [0, 0.1) is 11.8 Å². The van der Waals surface area contributed by atoms with Crippen molar-refractivity contribution in [3.05, 3.63) is 5.82 Å². The maximum Gasteiger partial charge on any atom is 0.296 e. The molecule has 0 amide bonds. The molecule has 2 atom stereocenters. The summed E-state index contributed by atoms with van der Waals surface area (Å²) in [5.41, 5.74) is 0. The normalized spacial score (nSPS) is 31.1. The number of aromatic nitrogens is 3. The summed E-state index contributed by atoms with van der Waals surface area (Å²) in [4.78, 5) is 0. The zero-order valence-electron chi connectivity index (χ0n) is 10.2. The molecule has 0 radical (unpaired) electrons. The monoisotopic (exact) mass is 289 g/mol. The zero-order chi connectivity index (χ0) is 12.9. The fraction of sp³-hybridized carbons (Fsp3) is 0.818. The van der Waals surface area contributed by atoms with E-state index in [1.54, 1.807) is 4.57 Å². The second-order valence-electron chi connectivity index (χ2n) is 5.16. The van der Waals surface area contributed by atoms with Crippen molar-refractivity contribution in [2.75, 3.05) is 0 Å². The Labute approximate surface area is 111 Å². The third kappa shape index (κ3) is 1.86. The number of hydrogen-bond acceptors (Lipinski definition) is 4. The first-order chi connectivity index (χ1) is 8.54. The van der Waals surface area contributed by atoms with Crippen molar-refractivity contribution < 1.29 is 8.42 Å². The molecule has 1 aromatic heterocycles. The summed E-state index contributed by atoms with van der Waals surface area (Å²) in [5.74, 6) is 2.57. The Bertz CT molecular complexity index is 557. The van der Waals surface area contributed by atoms with Crippen molar-refractivity contribution >= 4 is 19.7 Å². The van der Waals surface area contributed by atoms with Crippen molar-refractivity contribution in [2.45, 2.75) is 50.2 Å². The van der Waals surface area contributed by atoms with Crippen molar-refractivity contribution in [1.82, 2.24) is 14.8 Å². The van der Waals surface area contributed by atoms with Crippen LogP contribution >= 0.6 is 10.7 Å². The molecule has 18 heavy (non-hydrogen) atoms. The maximum atomic E-state index is 11.4. The lowest BCUT2D eigenvalue weighted by Crippen LogP contribution is -2.08. The molecule has 2 fully saturated rings. The van der Waals surface area contributed by atoms with Crippen LogP contribution in [0.5, 0.6) is 0 Å². The quantitative estimate of drug-likeness (QED) is 0.800. The van der Waals surface area contributed by atoms with Gasteiger partial charge in [0.25, 0.3) is 14.2 Å². The molecule has 0 bridgehead atoms. The van der Waals surface area contributed by atoms with Gasteiger partial charge in [0, 0.05) is 23.1 Å². The van der Waals surface area contributed by atoms with Gasteiger partial charge in [0.1, 0.15) is 5.82 Å². The molecule has 2 unspecified atom stereocenters. The van der Waals surface area contributed by atoms with E-state index in [2.05, 4.69) is 10.2 Å². The summed E-state index contributed by atoms with van der Waals surface area (Å²) in [7, 11) is 1.58. The van der Waals surface area contributed by atoms with Gasteiger partial charge in [-0.1, -0.05) is 12.8 Å². The molecular weight excluding hydrogens is 274 g/mol.